The quantitative estimate of drug-likeness (QED) is 0.222. The lowest BCUT2D eigenvalue weighted by molar-refractivity contribution is -0.139. The van der Waals surface area contributed by atoms with E-state index in [1.54, 1.807) is 48.5 Å². The maximum absolute atomic E-state index is 14.4. The van der Waals surface area contributed by atoms with Crippen LogP contribution >= 0.6 is 0 Å². The first kappa shape index (κ1) is 32.6. The van der Waals surface area contributed by atoms with Gasteiger partial charge in [-0.25, -0.2) is 0 Å². The van der Waals surface area contributed by atoms with E-state index < -0.39 is 36.1 Å². The molecule has 0 fully saturated rings. The summed E-state index contributed by atoms with van der Waals surface area (Å²) in [7, 11) is 8.22. The fourth-order valence-electron chi connectivity index (χ4n) is 5.52. The second kappa shape index (κ2) is 14.1. The number of nitrogens with zero attached hydrogens (tertiary/aromatic N) is 3. The van der Waals surface area contributed by atoms with E-state index in [0.717, 1.165) is 16.2 Å². The number of carbonyl (C=O) groups is 4. The molecule has 1 heterocycles. The Hall–Kier alpha value is -5.84. The first-order chi connectivity index (χ1) is 22.7. The van der Waals surface area contributed by atoms with Crippen LogP contribution in [0.25, 0.3) is 0 Å². The number of methoxy groups -OCH3 is 3. The molecule has 0 unspecified atom stereocenters. The fraction of sp³-hybridized carbons (Fsp3) is 0.222. The van der Waals surface area contributed by atoms with E-state index in [4.69, 9.17) is 14.2 Å². The zero-order chi connectivity index (χ0) is 33.7. The molecule has 242 valence electrons. The summed E-state index contributed by atoms with van der Waals surface area (Å²) >= 11 is 0. The van der Waals surface area contributed by atoms with Gasteiger partial charge in [0.25, 0.3) is 17.6 Å². The molecule has 0 bridgehead atoms. The van der Waals surface area contributed by atoms with E-state index in [1.807, 2.05) is 61.5 Å². The third-order valence-electron chi connectivity index (χ3n) is 7.90. The van der Waals surface area contributed by atoms with Crippen LogP contribution in [0, 0.1) is 0 Å². The molecule has 1 atom stereocenters. The highest BCUT2D eigenvalue weighted by molar-refractivity contribution is 6.52. The Morgan fingerprint density at radius 2 is 1.43 bits per heavy atom. The molecule has 1 aliphatic rings. The van der Waals surface area contributed by atoms with E-state index >= 15 is 0 Å². The maximum Gasteiger partial charge on any atom is 0.299 e. The van der Waals surface area contributed by atoms with Crippen LogP contribution in [0.2, 0.25) is 0 Å². The van der Waals surface area contributed by atoms with Crippen LogP contribution < -0.4 is 29.3 Å². The van der Waals surface area contributed by atoms with Crippen LogP contribution in [0.5, 0.6) is 17.2 Å². The molecular formula is C36H36N4O7. The van der Waals surface area contributed by atoms with Gasteiger partial charge in [-0.3, -0.25) is 24.1 Å². The van der Waals surface area contributed by atoms with Crippen molar-refractivity contribution in [1.29, 1.82) is 0 Å². The zero-order valence-corrected chi connectivity index (χ0v) is 26.9. The van der Waals surface area contributed by atoms with Crippen LogP contribution in [-0.2, 0) is 20.9 Å². The minimum atomic E-state index is -1.24. The molecule has 0 saturated heterocycles. The van der Waals surface area contributed by atoms with Crippen LogP contribution in [0.4, 0.5) is 17.1 Å². The normalized spacial score (nSPS) is 12.7. The maximum atomic E-state index is 14.4. The van der Waals surface area contributed by atoms with Crippen molar-refractivity contribution in [2.45, 2.75) is 12.6 Å². The summed E-state index contributed by atoms with van der Waals surface area (Å²) in [5.41, 5.74) is 3.13. The number of para-hydroxylation sites is 1. The van der Waals surface area contributed by atoms with Crippen LogP contribution in [0.1, 0.15) is 27.5 Å². The van der Waals surface area contributed by atoms with Crippen molar-refractivity contribution in [3.05, 3.63) is 108 Å². The Bertz CT molecular complexity index is 1770. The highest BCUT2D eigenvalue weighted by Gasteiger charge is 2.40. The van der Waals surface area contributed by atoms with Gasteiger partial charge in [0.05, 0.1) is 32.6 Å². The smallest absolute Gasteiger partial charge is 0.299 e. The summed E-state index contributed by atoms with van der Waals surface area (Å²) in [4.78, 5) is 59.2. The lowest BCUT2D eigenvalue weighted by Crippen LogP contribution is -2.46. The average molecular weight is 637 g/mol. The molecule has 11 heteroatoms. The third-order valence-corrected chi connectivity index (χ3v) is 7.90. The lowest BCUT2D eigenvalue weighted by atomic mass is 10.0. The monoisotopic (exact) mass is 636 g/mol. The molecule has 0 spiro atoms. The molecule has 1 N–H and O–H groups in total. The third kappa shape index (κ3) is 6.74. The van der Waals surface area contributed by atoms with Crippen molar-refractivity contribution in [2.75, 3.05) is 57.1 Å². The first-order valence-electron chi connectivity index (χ1n) is 14.8. The van der Waals surface area contributed by atoms with Crippen molar-refractivity contribution < 1.29 is 33.4 Å². The van der Waals surface area contributed by atoms with Gasteiger partial charge in [0.1, 0.15) is 12.6 Å². The predicted molar refractivity (Wildman–Crippen MR) is 178 cm³/mol. The molecule has 5 rings (SSSR count). The van der Waals surface area contributed by atoms with Gasteiger partial charge in [-0.2, -0.15) is 0 Å². The number of nitrogens with one attached hydrogen (secondary N) is 1. The highest BCUT2D eigenvalue weighted by atomic mass is 16.5. The van der Waals surface area contributed by atoms with Gasteiger partial charge in [0.2, 0.25) is 11.7 Å². The van der Waals surface area contributed by atoms with Gasteiger partial charge >= 0.3 is 0 Å². The summed E-state index contributed by atoms with van der Waals surface area (Å²) in [5, 5.41) is 2.96. The Kier molecular flexibility index (Phi) is 9.74. The van der Waals surface area contributed by atoms with E-state index in [0.29, 0.717) is 22.7 Å². The number of amides is 3. The molecule has 0 aliphatic carbocycles. The summed E-state index contributed by atoms with van der Waals surface area (Å²) in [5.74, 6) is -1.70. The molecule has 47 heavy (non-hydrogen) atoms. The highest BCUT2D eigenvalue weighted by Crippen LogP contribution is 2.41. The molecule has 4 aromatic rings. The molecule has 1 aliphatic heterocycles. The lowest BCUT2D eigenvalue weighted by Gasteiger charge is -2.33. The van der Waals surface area contributed by atoms with Gasteiger partial charge < -0.3 is 29.3 Å². The summed E-state index contributed by atoms with van der Waals surface area (Å²) in [6.45, 7) is -0.467. The SMILES string of the molecule is COc1cc([C@H](C(=O)Nc2ccc(N(C)C)cc2)N(Cc2ccccc2)C(=O)CN2C(=O)C(=O)c3ccccc32)cc(OC)c1OC. The number of hydrogen-bond acceptors (Lipinski definition) is 8. The Morgan fingerprint density at radius 3 is 2.02 bits per heavy atom. The largest absolute Gasteiger partial charge is 0.493 e. The molecule has 11 nitrogen and oxygen atoms in total. The number of ketones is 1. The van der Waals surface area contributed by atoms with Crippen molar-refractivity contribution >= 4 is 40.6 Å². The zero-order valence-electron chi connectivity index (χ0n) is 26.9. The number of ether oxygens (including phenoxy) is 3. The molecule has 0 radical (unpaired) electrons. The van der Waals surface area contributed by atoms with Gasteiger partial charge in [0.15, 0.2) is 11.5 Å². The number of benzene rings is 4. The number of Topliss-reactive ketones (excluding diaryl/α,β-unsaturated/α-hetero) is 1. The summed E-state index contributed by atoms with van der Waals surface area (Å²) in [6.07, 6.45) is 0. The second-order valence-electron chi connectivity index (χ2n) is 11.0. The van der Waals surface area contributed by atoms with E-state index in [9.17, 15) is 19.2 Å². The van der Waals surface area contributed by atoms with Crippen molar-refractivity contribution in [3.63, 3.8) is 0 Å². The van der Waals surface area contributed by atoms with E-state index in [2.05, 4.69) is 5.32 Å². The van der Waals surface area contributed by atoms with Crippen molar-refractivity contribution in [3.8, 4) is 17.2 Å². The van der Waals surface area contributed by atoms with Crippen LogP contribution in [0.15, 0.2) is 91.0 Å². The first-order valence-corrected chi connectivity index (χ1v) is 14.8. The van der Waals surface area contributed by atoms with Crippen molar-refractivity contribution in [1.82, 2.24) is 4.90 Å². The number of rotatable bonds is 12. The summed E-state index contributed by atoms with van der Waals surface area (Å²) < 4.78 is 16.7. The van der Waals surface area contributed by atoms with Gasteiger partial charge in [-0.15, -0.1) is 0 Å². The van der Waals surface area contributed by atoms with Crippen LogP contribution in [0.3, 0.4) is 0 Å². The fourth-order valence-corrected chi connectivity index (χ4v) is 5.52. The van der Waals surface area contributed by atoms with E-state index in [1.165, 1.54) is 26.2 Å². The number of anilines is 3. The predicted octanol–water partition coefficient (Wildman–Crippen LogP) is 4.72. The van der Waals surface area contributed by atoms with Crippen molar-refractivity contribution in [2.24, 2.45) is 0 Å². The topological polar surface area (TPSA) is 118 Å². The average Bonchev–Trinajstić information content (AvgIpc) is 3.32. The van der Waals surface area contributed by atoms with E-state index in [-0.39, 0.29) is 23.6 Å². The Morgan fingerprint density at radius 1 is 0.809 bits per heavy atom. The second-order valence-corrected chi connectivity index (χ2v) is 11.0. The standard InChI is InChI=1S/C36H36N4O7/c1-38(2)26-17-15-25(16-18-26)37-35(43)32(24-19-29(45-3)34(47-5)30(20-24)46-4)40(21-23-11-7-6-8-12-23)31(41)22-39-28-14-10-9-13-27(28)33(42)36(39)44/h6-20,32H,21-22H2,1-5H3,(H,37,43)/t32-/m1/s1. The molecular weight excluding hydrogens is 600 g/mol. The minimum absolute atomic E-state index is 0.00557. The molecule has 0 aromatic heterocycles. The number of hydrogen-bond donors (Lipinski definition) is 1. The van der Waals surface area contributed by atoms with Gasteiger partial charge in [-0.1, -0.05) is 42.5 Å². The molecule has 3 amide bonds. The molecule has 0 saturated carbocycles. The Balaban J connectivity index is 1.62. The molecule has 4 aromatic carbocycles. The van der Waals surface area contributed by atoms with Gasteiger partial charge in [0, 0.05) is 32.0 Å². The number of carbonyl (C=O) groups excluding carboxylic acids is 4. The minimum Gasteiger partial charge on any atom is -0.493 e. The Labute approximate surface area is 273 Å². The number of fused-ring (bicyclic) bond motifs is 1. The van der Waals surface area contributed by atoms with Gasteiger partial charge in [-0.05, 0) is 59.7 Å². The van der Waals surface area contributed by atoms with Crippen LogP contribution in [-0.4, -0.2) is 70.4 Å². The summed E-state index contributed by atoms with van der Waals surface area (Å²) in [6, 6.07) is 25.0.